The Labute approximate surface area is 259 Å². The minimum Gasteiger partial charge on any atom is -0.489 e. The summed E-state index contributed by atoms with van der Waals surface area (Å²) in [4.78, 5) is 33.2. The number of nitrogens with zero attached hydrogens (tertiary/aromatic N) is 3. The van der Waals surface area contributed by atoms with Crippen molar-refractivity contribution < 1.29 is 14.3 Å². The summed E-state index contributed by atoms with van der Waals surface area (Å²) in [6, 6.07) is 18.7. The molecule has 0 bridgehead atoms. The van der Waals surface area contributed by atoms with Gasteiger partial charge in [-0.15, -0.1) is 0 Å². The van der Waals surface area contributed by atoms with Crippen LogP contribution >= 0.6 is 0 Å². The SMILES string of the molecule is CC(C)=CCN(c1ccc(OCc2ccccc2)cc1)C1CCCN(C(=O)[C@H](CNC(=O)N2CCCCCC2)C(C)C)C1. The van der Waals surface area contributed by atoms with Crippen LogP contribution in [0.3, 0.4) is 0 Å². The highest BCUT2D eigenvalue weighted by atomic mass is 16.5. The monoisotopic (exact) mass is 588 g/mol. The topological polar surface area (TPSA) is 65.1 Å². The van der Waals surface area contributed by atoms with Crippen molar-refractivity contribution in [2.24, 2.45) is 11.8 Å². The first-order valence-electron chi connectivity index (χ1n) is 16.3. The molecule has 0 spiro atoms. The van der Waals surface area contributed by atoms with Crippen LogP contribution in [-0.4, -0.2) is 67.0 Å². The number of benzene rings is 2. The number of hydrogen-bond acceptors (Lipinski definition) is 4. The largest absolute Gasteiger partial charge is 0.489 e. The zero-order valence-electron chi connectivity index (χ0n) is 26.8. The average molecular weight is 589 g/mol. The summed E-state index contributed by atoms with van der Waals surface area (Å²) in [7, 11) is 0. The Bertz CT molecular complexity index is 1170. The van der Waals surface area contributed by atoms with E-state index in [0.29, 0.717) is 19.7 Å². The van der Waals surface area contributed by atoms with Crippen LogP contribution in [0.2, 0.25) is 0 Å². The molecule has 2 saturated heterocycles. The zero-order chi connectivity index (χ0) is 30.6. The van der Waals surface area contributed by atoms with Gasteiger partial charge in [-0.05, 0) is 75.3 Å². The van der Waals surface area contributed by atoms with E-state index in [0.717, 1.165) is 68.9 Å². The molecule has 0 radical (unpaired) electrons. The van der Waals surface area contributed by atoms with Crippen molar-refractivity contribution in [1.82, 2.24) is 15.1 Å². The Balaban J connectivity index is 1.40. The molecule has 2 fully saturated rings. The second-order valence-corrected chi connectivity index (χ2v) is 12.7. The molecular weight excluding hydrogens is 536 g/mol. The zero-order valence-corrected chi connectivity index (χ0v) is 26.8. The van der Waals surface area contributed by atoms with Gasteiger partial charge in [-0.25, -0.2) is 4.79 Å². The van der Waals surface area contributed by atoms with Crippen LogP contribution in [0.4, 0.5) is 10.5 Å². The van der Waals surface area contributed by atoms with Gasteiger partial charge in [0.05, 0.1) is 5.92 Å². The lowest BCUT2D eigenvalue weighted by Gasteiger charge is -2.42. The van der Waals surface area contributed by atoms with Crippen LogP contribution in [0, 0.1) is 11.8 Å². The van der Waals surface area contributed by atoms with Gasteiger partial charge in [0.25, 0.3) is 0 Å². The molecular formula is C36H52N4O3. The molecule has 2 aromatic rings. The summed E-state index contributed by atoms with van der Waals surface area (Å²) in [5, 5.41) is 3.11. The lowest BCUT2D eigenvalue weighted by atomic mass is 9.92. The Morgan fingerprint density at radius 3 is 2.26 bits per heavy atom. The van der Waals surface area contributed by atoms with E-state index in [1.54, 1.807) is 0 Å². The molecule has 234 valence electrons. The third kappa shape index (κ3) is 9.77. The molecule has 0 saturated carbocycles. The first-order valence-corrected chi connectivity index (χ1v) is 16.3. The van der Waals surface area contributed by atoms with Gasteiger partial charge in [0.15, 0.2) is 0 Å². The third-order valence-corrected chi connectivity index (χ3v) is 8.75. The first-order chi connectivity index (χ1) is 20.8. The molecule has 2 aliphatic heterocycles. The number of likely N-dealkylation sites (tertiary alicyclic amines) is 2. The van der Waals surface area contributed by atoms with E-state index in [-0.39, 0.29) is 29.8 Å². The van der Waals surface area contributed by atoms with Crippen LogP contribution in [0.25, 0.3) is 0 Å². The minimum atomic E-state index is -0.234. The van der Waals surface area contributed by atoms with Gasteiger partial charge in [-0.1, -0.05) is 68.7 Å². The molecule has 0 aliphatic carbocycles. The Kier molecular flexibility index (Phi) is 12.4. The molecule has 7 heteroatoms. The molecule has 2 heterocycles. The summed E-state index contributed by atoms with van der Waals surface area (Å²) >= 11 is 0. The molecule has 2 aromatic carbocycles. The molecule has 0 aromatic heterocycles. The number of hydrogen-bond donors (Lipinski definition) is 1. The Hall–Kier alpha value is -3.48. The molecule has 1 unspecified atom stereocenters. The molecule has 43 heavy (non-hydrogen) atoms. The number of nitrogens with one attached hydrogen (secondary N) is 1. The summed E-state index contributed by atoms with van der Waals surface area (Å²) in [6.45, 7) is 13.2. The van der Waals surface area contributed by atoms with Crippen molar-refractivity contribution in [3.8, 4) is 5.75 Å². The fraction of sp³-hybridized carbons (Fsp3) is 0.556. The maximum absolute atomic E-state index is 13.9. The lowest BCUT2D eigenvalue weighted by molar-refractivity contribution is -0.138. The molecule has 1 N–H and O–H groups in total. The Morgan fingerprint density at radius 2 is 1.60 bits per heavy atom. The highest BCUT2D eigenvalue weighted by Crippen LogP contribution is 2.27. The molecule has 2 aliphatic rings. The van der Waals surface area contributed by atoms with Crippen LogP contribution in [0.5, 0.6) is 5.75 Å². The molecule has 3 amide bonds. The predicted molar refractivity (Wildman–Crippen MR) is 175 cm³/mol. The number of anilines is 1. The maximum atomic E-state index is 13.9. The first kappa shape index (κ1) is 32.4. The fourth-order valence-corrected chi connectivity index (χ4v) is 6.06. The van der Waals surface area contributed by atoms with Crippen molar-refractivity contribution in [1.29, 1.82) is 0 Å². The van der Waals surface area contributed by atoms with Crippen LogP contribution in [0.15, 0.2) is 66.2 Å². The fourth-order valence-electron chi connectivity index (χ4n) is 6.06. The summed E-state index contributed by atoms with van der Waals surface area (Å²) < 4.78 is 6.04. The Morgan fingerprint density at radius 1 is 0.930 bits per heavy atom. The number of allylic oxidation sites excluding steroid dienone is 1. The van der Waals surface area contributed by atoms with E-state index in [1.165, 1.54) is 18.4 Å². The maximum Gasteiger partial charge on any atom is 0.317 e. The third-order valence-electron chi connectivity index (χ3n) is 8.75. The van der Waals surface area contributed by atoms with E-state index in [4.69, 9.17) is 4.74 Å². The van der Waals surface area contributed by atoms with E-state index < -0.39 is 0 Å². The van der Waals surface area contributed by atoms with Gasteiger partial charge >= 0.3 is 6.03 Å². The van der Waals surface area contributed by atoms with Gasteiger partial charge in [-0.2, -0.15) is 0 Å². The average Bonchev–Trinajstić information content (AvgIpc) is 3.31. The van der Waals surface area contributed by atoms with Crippen molar-refractivity contribution >= 4 is 17.6 Å². The number of carbonyl (C=O) groups is 2. The van der Waals surface area contributed by atoms with Crippen molar-refractivity contribution in [3.05, 3.63) is 71.8 Å². The normalized spacial score (nSPS) is 18.0. The predicted octanol–water partition coefficient (Wildman–Crippen LogP) is 6.89. The molecule has 7 nitrogen and oxygen atoms in total. The highest BCUT2D eigenvalue weighted by molar-refractivity contribution is 5.81. The number of urea groups is 1. The van der Waals surface area contributed by atoms with Crippen LogP contribution < -0.4 is 15.0 Å². The van der Waals surface area contributed by atoms with Crippen molar-refractivity contribution in [3.63, 3.8) is 0 Å². The summed E-state index contributed by atoms with van der Waals surface area (Å²) in [5.74, 6) is 0.907. The molecule has 4 rings (SSSR count). The van der Waals surface area contributed by atoms with Crippen molar-refractivity contribution in [2.45, 2.75) is 78.9 Å². The summed E-state index contributed by atoms with van der Waals surface area (Å²) in [5.41, 5.74) is 3.55. The highest BCUT2D eigenvalue weighted by Gasteiger charge is 2.33. The standard InChI is InChI=1S/C36H52N4O3/c1-28(2)20-24-40(31-16-18-33(19-17-31)43-27-30-13-8-7-9-14-30)32-15-12-23-39(26-32)35(41)34(29(3)4)25-37-36(42)38-21-10-5-6-11-22-38/h7-9,13-14,16-20,29,32,34H,5-6,10-12,15,21-27H2,1-4H3,(H,37,42)/t32?,34-/m1/s1. The summed E-state index contributed by atoms with van der Waals surface area (Å²) in [6.07, 6.45) is 8.74. The van der Waals surface area contributed by atoms with Crippen molar-refractivity contribution in [2.75, 3.05) is 44.2 Å². The van der Waals surface area contributed by atoms with E-state index in [2.05, 4.69) is 68.3 Å². The lowest BCUT2D eigenvalue weighted by Crippen LogP contribution is -2.53. The number of rotatable bonds is 11. The number of amides is 3. The smallest absolute Gasteiger partial charge is 0.317 e. The van der Waals surface area contributed by atoms with Gasteiger partial charge < -0.3 is 24.8 Å². The number of carbonyl (C=O) groups excluding carboxylic acids is 2. The van der Waals surface area contributed by atoms with Crippen LogP contribution in [0.1, 0.15) is 71.8 Å². The van der Waals surface area contributed by atoms with Gasteiger partial charge in [-0.3, -0.25) is 4.79 Å². The quantitative estimate of drug-likeness (QED) is 0.291. The molecule has 2 atom stereocenters. The number of piperidine rings is 1. The van der Waals surface area contributed by atoms with E-state index in [9.17, 15) is 9.59 Å². The van der Waals surface area contributed by atoms with Gasteiger partial charge in [0.2, 0.25) is 5.91 Å². The minimum absolute atomic E-state index is 0.0269. The van der Waals surface area contributed by atoms with Gasteiger partial charge in [0, 0.05) is 51.0 Å². The van der Waals surface area contributed by atoms with Gasteiger partial charge in [0.1, 0.15) is 12.4 Å². The second kappa shape index (κ2) is 16.4. The van der Waals surface area contributed by atoms with E-state index in [1.807, 2.05) is 40.1 Å². The second-order valence-electron chi connectivity index (χ2n) is 12.7. The van der Waals surface area contributed by atoms with Crippen LogP contribution in [-0.2, 0) is 11.4 Å². The van der Waals surface area contributed by atoms with E-state index >= 15 is 0 Å². The number of ether oxygens (including phenoxy) is 1.